The number of amides is 1. The predicted octanol–water partition coefficient (Wildman–Crippen LogP) is 2.68. The minimum Gasteiger partial charge on any atom is -0.327 e. The van der Waals surface area contributed by atoms with Gasteiger partial charge in [0.25, 0.3) is 5.91 Å². The highest BCUT2D eigenvalue weighted by molar-refractivity contribution is 5.92. The topological polar surface area (TPSA) is 68.8 Å². The van der Waals surface area contributed by atoms with E-state index in [0.29, 0.717) is 12.2 Å². The summed E-state index contributed by atoms with van der Waals surface area (Å²) in [6.45, 7) is 2.66. The largest absolute Gasteiger partial charge is 0.327 e. The van der Waals surface area contributed by atoms with Crippen molar-refractivity contribution in [2.45, 2.75) is 32.2 Å². The van der Waals surface area contributed by atoms with Crippen molar-refractivity contribution in [2.75, 3.05) is 6.54 Å². The van der Waals surface area contributed by atoms with Crippen molar-refractivity contribution in [3.8, 4) is 5.69 Å². The van der Waals surface area contributed by atoms with Crippen molar-refractivity contribution in [1.29, 1.82) is 0 Å². The molecule has 0 bridgehead atoms. The summed E-state index contributed by atoms with van der Waals surface area (Å²) in [6.07, 6.45) is 4.65. The van der Waals surface area contributed by atoms with Gasteiger partial charge in [0, 0.05) is 25.0 Å². The maximum absolute atomic E-state index is 13.1. The molecule has 1 aliphatic heterocycles. The highest BCUT2D eigenvalue weighted by Gasteiger charge is 2.33. The molecular formula is C19H22N6O. The Kier molecular flexibility index (Phi) is 4.28. The van der Waals surface area contributed by atoms with Gasteiger partial charge in [-0.05, 0) is 44.4 Å². The summed E-state index contributed by atoms with van der Waals surface area (Å²) in [5, 5.41) is 12.8. The number of aryl methyl sites for hydroxylation is 2. The second-order valence-corrected chi connectivity index (χ2v) is 6.70. The number of hydrogen-bond donors (Lipinski definition) is 0. The molecule has 7 heteroatoms. The van der Waals surface area contributed by atoms with Gasteiger partial charge in [0.1, 0.15) is 6.33 Å². The number of rotatable bonds is 3. The highest BCUT2D eigenvalue weighted by atomic mass is 16.2. The van der Waals surface area contributed by atoms with Crippen LogP contribution in [0.2, 0.25) is 0 Å². The summed E-state index contributed by atoms with van der Waals surface area (Å²) in [5.41, 5.74) is 2.45. The molecule has 1 amide bonds. The van der Waals surface area contributed by atoms with Crippen LogP contribution in [-0.2, 0) is 7.05 Å². The van der Waals surface area contributed by atoms with Crippen molar-refractivity contribution >= 4 is 5.91 Å². The van der Waals surface area contributed by atoms with Crippen LogP contribution in [0.15, 0.2) is 42.7 Å². The molecule has 0 unspecified atom stereocenters. The second-order valence-electron chi connectivity index (χ2n) is 6.70. The lowest BCUT2D eigenvalue weighted by atomic mass is 10.0. The van der Waals surface area contributed by atoms with Crippen LogP contribution in [0.1, 0.15) is 47.3 Å². The van der Waals surface area contributed by atoms with Gasteiger partial charge in [-0.3, -0.25) is 14.0 Å². The smallest absolute Gasteiger partial charge is 0.274 e. The van der Waals surface area contributed by atoms with Gasteiger partial charge in [-0.15, -0.1) is 10.2 Å². The molecule has 2 aromatic heterocycles. The standard InChI is InChI=1S/C19H22N6O/c1-14-12-16(22-23(14)2)19(26)24-11-7-6-10-17(24)18-21-20-13-25(18)15-8-4-3-5-9-15/h3-5,8-9,12-13,17H,6-7,10-11H2,1-2H3/t17-/m1/s1. The third-order valence-corrected chi connectivity index (χ3v) is 5.00. The lowest BCUT2D eigenvalue weighted by Gasteiger charge is -2.34. The summed E-state index contributed by atoms with van der Waals surface area (Å²) in [7, 11) is 1.85. The molecule has 3 heterocycles. The number of para-hydroxylation sites is 1. The number of benzene rings is 1. The highest BCUT2D eigenvalue weighted by Crippen LogP contribution is 2.32. The molecule has 1 aromatic carbocycles. The van der Waals surface area contributed by atoms with Crippen molar-refractivity contribution in [3.05, 3.63) is 59.9 Å². The Bertz CT molecular complexity index is 894. The zero-order valence-electron chi connectivity index (χ0n) is 15.0. The van der Waals surface area contributed by atoms with E-state index >= 15 is 0 Å². The van der Waals surface area contributed by atoms with E-state index in [4.69, 9.17) is 0 Å². The predicted molar refractivity (Wildman–Crippen MR) is 96.9 cm³/mol. The molecule has 0 radical (unpaired) electrons. The van der Waals surface area contributed by atoms with Gasteiger partial charge >= 0.3 is 0 Å². The van der Waals surface area contributed by atoms with E-state index in [0.717, 1.165) is 36.5 Å². The monoisotopic (exact) mass is 350 g/mol. The average Bonchev–Trinajstić information content (AvgIpc) is 3.29. The molecule has 3 aromatic rings. The van der Waals surface area contributed by atoms with E-state index in [1.165, 1.54) is 0 Å². The number of piperidine rings is 1. The van der Waals surface area contributed by atoms with Crippen LogP contribution in [0.5, 0.6) is 0 Å². The normalized spacial score (nSPS) is 17.5. The van der Waals surface area contributed by atoms with E-state index in [2.05, 4.69) is 15.3 Å². The van der Waals surface area contributed by atoms with Crippen molar-refractivity contribution in [3.63, 3.8) is 0 Å². The first-order valence-electron chi connectivity index (χ1n) is 8.92. The Labute approximate surface area is 152 Å². The van der Waals surface area contributed by atoms with Crippen molar-refractivity contribution in [1.82, 2.24) is 29.4 Å². The summed E-state index contributed by atoms with van der Waals surface area (Å²) < 4.78 is 3.71. The van der Waals surface area contributed by atoms with Gasteiger partial charge in [-0.1, -0.05) is 18.2 Å². The van der Waals surface area contributed by atoms with Crippen LogP contribution in [0.4, 0.5) is 0 Å². The lowest BCUT2D eigenvalue weighted by Crippen LogP contribution is -2.39. The van der Waals surface area contributed by atoms with Gasteiger partial charge in [0.2, 0.25) is 0 Å². The van der Waals surface area contributed by atoms with Gasteiger partial charge in [-0.25, -0.2) is 0 Å². The molecule has 7 nitrogen and oxygen atoms in total. The van der Waals surface area contributed by atoms with Gasteiger partial charge in [0.15, 0.2) is 11.5 Å². The number of likely N-dealkylation sites (tertiary alicyclic amines) is 1. The maximum atomic E-state index is 13.1. The molecule has 26 heavy (non-hydrogen) atoms. The lowest BCUT2D eigenvalue weighted by molar-refractivity contribution is 0.0590. The fourth-order valence-electron chi connectivity index (χ4n) is 3.51. The average molecular weight is 350 g/mol. The minimum atomic E-state index is -0.0960. The molecule has 0 aliphatic carbocycles. The quantitative estimate of drug-likeness (QED) is 0.728. The van der Waals surface area contributed by atoms with E-state index < -0.39 is 0 Å². The third-order valence-electron chi connectivity index (χ3n) is 5.00. The van der Waals surface area contributed by atoms with Crippen molar-refractivity contribution in [2.24, 2.45) is 7.05 Å². The summed E-state index contributed by atoms with van der Waals surface area (Å²) in [5.74, 6) is 0.762. The maximum Gasteiger partial charge on any atom is 0.274 e. The second kappa shape index (κ2) is 6.74. The first kappa shape index (κ1) is 16.5. The van der Waals surface area contributed by atoms with E-state index in [1.807, 2.05) is 59.8 Å². The molecule has 1 saturated heterocycles. The molecule has 1 atom stereocenters. The summed E-state index contributed by atoms with van der Waals surface area (Å²) >= 11 is 0. The zero-order chi connectivity index (χ0) is 18.1. The first-order chi connectivity index (χ1) is 12.6. The number of hydrogen-bond acceptors (Lipinski definition) is 4. The summed E-state index contributed by atoms with van der Waals surface area (Å²) in [4.78, 5) is 15.0. The third kappa shape index (κ3) is 2.89. The number of carbonyl (C=O) groups is 1. The zero-order valence-corrected chi connectivity index (χ0v) is 15.0. The van der Waals surface area contributed by atoms with Crippen LogP contribution in [0.3, 0.4) is 0 Å². The fraction of sp³-hybridized carbons (Fsp3) is 0.368. The number of nitrogens with zero attached hydrogens (tertiary/aromatic N) is 6. The number of carbonyl (C=O) groups excluding carboxylic acids is 1. The van der Waals surface area contributed by atoms with Crippen LogP contribution >= 0.6 is 0 Å². The molecule has 0 N–H and O–H groups in total. The Morgan fingerprint density at radius 1 is 1.19 bits per heavy atom. The van der Waals surface area contributed by atoms with E-state index in [-0.39, 0.29) is 11.9 Å². The molecule has 1 aliphatic rings. The molecule has 0 spiro atoms. The van der Waals surface area contributed by atoms with Crippen molar-refractivity contribution < 1.29 is 4.79 Å². The molecule has 1 fully saturated rings. The Morgan fingerprint density at radius 3 is 2.73 bits per heavy atom. The molecule has 4 rings (SSSR count). The van der Waals surface area contributed by atoms with Crippen LogP contribution in [-0.4, -0.2) is 41.9 Å². The van der Waals surface area contributed by atoms with E-state index in [1.54, 1.807) is 11.0 Å². The summed E-state index contributed by atoms with van der Waals surface area (Å²) in [6, 6.07) is 11.7. The van der Waals surface area contributed by atoms with Crippen LogP contribution in [0.25, 0.3) is 5.69 Å². The Balaban J connectivity index is 1.69. The molecular weight excluding hydrogens is 328 g/mol. The van der Waals surface area contributed by atoms with Gasteiger partial charge in [0.05, 0.1) is 6.04 Å². The molecule has 134 valence electrons. The van der Waals surface area contributed by atoms with Crippen LogP contribution < -0.4 is 0 Å². The van der Waals surface area contributed by atoms with Gasteiger partial charge in [-0.2, -0.15) is 5.10 Å². The fourth-order valence-corrected chi connectivity index (χ4v) is 3.51. The molecule has 0 saturated carbocycles. The SMILES string of the molecule is Cc1cc(C(=O)N2CCCC[C@@H]2c2nncn2-c2ccccc2)nn1C. The first-order valence-corrected chi connectivity index (χ1v) is 8.92. The Hall–Kier alpha value is -2.96. The minimum absolute atomic E-state index is 0.0407. The number of aromatic nitrogens is 5. The van der Waals surface area contributed by atoms with E-state index in [9.17, 15) is 4.79 Å². The van der Waals surface area contributed by atoms with Gasteiger partial charge < -0.3 is 4.90 Å². The Morgan fingerprint density at radius 2 is 2.00 bits per heavy atom. The van der Waals surface area contributed by atoms with Crippen LogP contribution in [0, 0.1) is 6.92 Å².